The summed E-state index contributed by atoms with van der Waals surface area (Å²) < 4.78 is 9.42. The van der Waals surface area contributed by atoms with E-state index in [1.54, 1.807) is 0 Å². The van der Waals surface area contributed by atoms with E-state index in [4.69, 9.17) is 4.42 Å². The number of ether oxygens (including phenoxy) is 1. The zero-order chi connectivity index (χ0) is 11.4. The summed E-state index contributed by atoms with van der Waals surface area (Å²) in [5.41, 5.74) is -0.0687. The maximum atomic E-state index is 11.0. The van der Waals surface area contributed by atoms with Crippen LogP contribution in [0.15, 0.2) is 22.2 Å². The highest BCUT2D eigenvalue weighted by molar-refractivity contribution is 5.86. The van der Waals surface area contributed by atoms with Crippen molar-refractivity contribution in [3.63, 3.8) is 0 Å². The fourth-order valence-corrected chi connectivity index (χ4v) is 0.899. The van der Waals surface area contributed by atoms with Gasteiger partial charge in [0.05, 0.1) is 18.1 Å². The molecule has 0 amide bonds. The maximum Gasteiger partial charge on any atom is 0.373 e. The third-order valence-electron chi connectivity index (χ3n) is 1.65. The van der Waals surface area contributed by atoms with E-state index in [2.05, 4.69) is 4.74 Å². The van der Waals surface area contributed by atoms with Crippen molar-refractivity contribution in [2.45, 2.75) is 6.92 Å². The van der Waals surface area contributed by atoms with Crippen LogP contribution in [0.5, 0.6) is 0 Å². The van der Waals surface area contributed by atoms with Gasteiger partial charge >= 0.3 is 5.97 Å². The van der Waals surface area contributed by atoms with Crippen molar-refractivity contribution >= 4 is 12.0 Å². The number of carbonyl (C=O) groups is 1. The number of nitro groups is 1. The molecule has 0 aliphatic heterocycles. The number of methoxy groups -OCH3 is 1. The van der Waals surface area contributed by atoms with Crippen LogP contribution in [-0.2, 0) is 4.74 Å². The maximum absolute atomic E-state index is 11.0. The van der Waals surface area contributed by atoms with Gasteiger partial charge < -0.3 is 9.15 Å². The normalized spacial score (nSPS) is 11.2. The van der Waals surface area contributed by atoms with E-state index in [9.17, 15) is 14.9 Å². The Morgan fingerprint density at radius 1 is 1.60 bits per heavy atom. The number of esters is 1. The molecule has 0 spiro atoms. The first-order chi connectivity index (χ1) is 7.04. The fourth-order valence-electron chi connectivity index (χ4n) is 0.899. The first-order valence-electron chi connectivity index (χ1n) is 4.05. The summed E-state index contributed by atoms with van der Waals surface area (Å²) in [6, 6.07) is 2.85. The number of hydrogen-bond donors (Lipinski definition) is 0. The van der Waals surface area contributed by atoms with Gasteiger partial charge in [-0.25, -0.2) is 4.79 Å². The van der Waals surface area contributed by atoms with Gasteiger partial charge in [-0.3, -0.25) is 10.1 Å². The minimum absolute atomic E-state index is 0.0138. The molecule has 0 aliphatic carbocycles. The lowest BCUT2D eigenvalue weighted by molar-refractivity contribution is -0.422. The third-order valence-corrected chi connectivity index (χ3v) is 1.65. The van der Waals surface area contributed by atoms with E-state index in [1.807, 2.05) is 0 Å². The minimum Gasteiger partial charge on any atom is -0.463 e. The molecule has 0 unspecified atom stereocenters. The molecule has 6 nitrogen and oxygen atoms in total. The van der Waals surface area contributed by atoms with E-state index < -0.39 is 10.9 Å². The van der Waals surface area contributed by atoms with Crippen molar-refractivity contribution in [2.75, 3.05) is 7.11 Å². The molecule has 1 heterocycles. The molecule has 1 aromatic heterocycles. The predicted octanol–water partition coefficient (Wildman–Crippen LogP) is 1.70. The van der Waals surface area contributed by atoms with Gasteiger partial charge in [-0.05, 0) is 12.1 Å². The van der Waals surface area contributed by atoms with Crippen LogP contribution < -0.4 is 0 Å². The number of furan rings is 1. The van der Waals surface area contributed by atoms with Gasteiger partial charge in [-0.1, -0.05) is 0 Å². The molecule has 0 atom stereocenters. The predicted molar refractivity (Wildman–Crippen MR) is 50.7 cm³/mol. The number of carbonyl (C=O) groups excluding carboxylic acids is 1. The van der Waals surface area contributed by atoms with Crippen LogP contribution in [-0.4, -0.2) is 18.0 Å². The fraction of sp³-hybridized carbons (Fsp3) is 0.222. The Labute approximate surface area is 85.3 Å². The molecular formula is C9H9NO5. The van der Waals surface area contributed by atoms with Gasteiger partial charge in [0.25, 0.3) is 0 Å². The highest BCUT2D eigenvalue weighted by Gasteiger charge is 2.11. The molecule has 80 valence electrons. The smallest absolute Gasteiger partial charge is 0.373 e. The minimum atomic E-state index is -0.617. The highest BCUT2D eigenvalue weighted by atomic mass is 16.6. The van der Waals surface area contributed by atoms with Crippen molar-refractivity contribution in [1.82, 2.24) is 0 Å². The topological polar surface area (TPSA) is 82.6 Å². The van der Waals surface area contributed by atoms with Crippen LogP contribution in [0.25, 0.3) is 6.08 Å². The van der Waals surface area contributed by atoms with E-state index in [-0.39, 0.29) is 17.2 Å². The zero-order valence-electron chi connectivity index (χ0n) is 8.22. The SMILES string of the molecule is COC(=O)c1ccc(C=C(C)[N+](=O)[O-])o1. The molecule has 0 aliphatic rings. The number of allylic oxidation sites excluding steroid dienone is 1. The summed E-state index contributed by atoms with van der Waals surface area (Å²) in [5, 5.41) is 10.3. The summed E-state index contributed by atoms with van der Waals surface area (Å²) >= 11 is 0. The lowest BCUT2D eigenvalue weighted by Gasteiger charge is -1.92. The largest absolute Gasteiger partial charge is 0.463 e. The second-order valence-electron chi connectivity index (χ2n) is 2.74. The zero-order valence-corrected chi connectivity index (χ0v) is 8.22. The molecule has 0 N–H and O–H groups in total. The summed E-state index contributed by atoms with van der Waals surface area (Å²) in [5.74, 6) is -0.363. The summed E-state index contributed by atoms with van der Waals surface area (Å²) in [4.78, 5) is 20.7. The monoisotopic (exact) mass is 211 g/mol. The molecule has 0 saturated carbocycles. The molecule has 0 aromatic carbocycles. The van der Waals surface area contributed by atoms with E-state index in [0.29, 0.717) is 0 Å². The highest BCUT2D eigenvalue weighted by Crippen LogP contribution is 2.12. The Bertz CT molecular complexity index is 418. The van der Waals surface area contributed by atoms with Crippen molar-refractivity contribution in [3.05, 3.63) is 39.5 Å². The Hall–Kier alpha value is -2.11. The number of hydrogen-bond acceptors (Lipinski definition) is 5. The third kappa shape index (κ3) is 2.67. The Kier molecular flexibility index (Phi) is 3.22. The van der Waals surface area contributed by atoms with E-state index >= 15 is 0 Å². The molecule has 0 saturated heterocycles. The molecular weight excluding hydrogens is 202 g/mol. The van der Waals surface area contributed by atoms with Crippen LogP contribution in [0.4, 0.5) is 0 Å². The molecule has 15 heavy (non-hydrogen) atoms. The van der Waals surface area contributed by atoms with Crippen molar-refractivity contribution < 1.29 is 18.9 Å². The average molecular weight is 211 g/mol. The number of nitrogens with zero attached hydrogens (tertiary/aromatic N) is 1. The van der Waals surface area contributed by atoms with Crippen LogP contribution in [0, 0.1) is 10.1 Å². The molecule has 1 rings (SSSR count). The second kappa shape index (κ2) is 4.41. The summed E-state index contributed by atoms with van der Waals surface area (Å²) in [7, 11) is 1.22. The van der Waals surface area contributed by atoms with Crippen molar-refractivity contribution in [1.29, 1.82) is 0 Å². The van der Waals surface area contributed by atoms with E-state index in [0.717, 1.165) is 0 Å². The molecule has 0 radical (unpaired) electrons. The van der Waals surface area contributed by atoms with Crippen LogP contribution in [0.3, 0.4) is 0 Å². The lowest BCUT2D eigenvalue weighted by Crippen LogP contribution is -1.98. The lowest BCUT2D eigenvalue weighted by atomic mass is 10.3. The first kappa shape index (κ1) is 11.0. The van der Waals surface area contributed by atoms with Gasteiger partial charge in [0, 0.05) is 6.92 Å². The quantitative estimate of drug-likeness (QED) is 0.431. The first-order valence-corrected chi connectivity index (χ1v) is 4.05. The van der Waals surface area contributed by atoms with Gasteiger partial charge in [-0.15, -0.1) is 0 Å². The van der Waals surface area contributed by atoms with Gasteiger partial charge in [0.2, 0.25) is 11.5 Å². The van der Waals surface area contributed by atoms with Gasteiger partial charge in [0.15, 0.2) is 0 Å². The molecule has 0 fully saturated rings. The Balaban J connectivity index is 2.90. The molecule has 1 aromatic rings. The van der Waals surface area contributed by atoms with Crippen molar-refractivity contribution in [2.24, 2.45) is 0 Å². The van der Waals surface area contributed by atoms with Crippen molar-refractivity contribution in [3.8, 4) is 0 Å². The second-order valence-corrected chi connectivity index (χ2v) is 2.74. The van der Waals surface area contributed by atoms with Gasteiger partial charge in [-0.2, -0.15) is 0 Å². The number of rotatable bonds is 3. The summed E-state index contributed by atoms with van der Waals surface area (Å²) in [6.45, 7) is 1.33. The molecule has 6 heteroatoms. The van der Waals surface area contributed by atoms with E-state index in [1.165, 1.54) is 32.2 Å². The van der Waals surface area contributed by atoms with Crippen LogP contribution >= 0.6 is 0 Å². The standard InChI is InChI=1S/C9H9NO5/c1-6(10(12)13)5-7-3-4-8(15-7)9(11)14-2/h3-5H,1-2H3. The summed E-state index contributed by atoms with van der Waals surface area (Å²) in [6.07, 6.45) is 1.23. The Morgan fingerprint density at radius 3 is 2.80 bits per heavy atom. The van der Waals surface area contributed by atoms with Crippen LogP contribution in [0.2, 0.25) is 0 Å². The average Bonchev–Trinajstić information content (AvgIpc) is 2.65. The van der Waals surface area contributed by atoms with Gasteiger partial charge in [0.1, 0.15) is 5.76 Å². The Morgan fingerprint density at radius 2 is 2.27 bits per heavy atom. The molecule has 0 bridgehead atoms. The van der Waals surface area contributed by atoms with Crippen LogP contribution in [0.1, 0.15) is 23.2 Å².